The van der Waals surface area contributed by atoms with Crippen molar-refractivity contribution >= 4 is 17.2 Å². The van der Waals surface area contributed by atoms with Gasteiger partial charge in [0.1, 0.15) is 0 Å². The highest BCUT2D eigenvalue weighted by molar-refractivity contribution is 7.08. The Balaban J connectivity index is 1.54. The van der Waals surface area contributed by atoms with Crippen LogP contribution in [0.1, 0.15) is 17.9 Å². The summed E-state index contributed by atoms with van der Waals surface area (Å²) in [6.45, 7) is 0.333. The number of ether oxygens (including phenoxy) is 3. The average Bonchev–Trinajstić information content (AvgIpc) is 3.41. The fraction of sp³-hybridized carbons (Fsp3) is 0.316. The van der Waals surface area contributed by atoms with Gasteiger partial charge in [0.15, 0.2) is 11.5 Å². The molecule has 9 heteroatoms. The van der Waals surface area contributed by atoms with E-state index in [1.54, 1.807) is 44.8 Å². The fourth-order valence-corrected chi connectivity index (χ4v) is 3.25. The molecule has 0 bridgehead atoms. The maximum Gasteiger partial charge on any atom is 0.227 e. The smallest absolute Gasteiger partial charge is 0.227 e. The molecule has 3 rings (SSSR count). The van der Waals surface area contributed by atoms with Gasteiger partial charge in [0.2, 0.25) is 23.4 Å². The number of aromatic nitrogens is 2. The number of hydrogen-bond donors (Lipinski definition) is 1. The van der Waals surface area contributed by atoms with E-state index in [-0.39, 0.29) is 12.3 Å². The number of carbonyl (C=O) groups excluding carboxylic acids is 1. The fourth-order valence-electron chi connectivity index (χ4n) is 2.61. The number of aryl methyl sites for hydroxylation is 1. The molecule has 148 valence electrons. The minimum Gasteiger partial charge on any atom is -0.493 e. The molecule has 1 N–H and O–H groups in total. The molecule has 1 amide bonds. The van der Waals surface area contributed by atoms with Gasteiger partial charge in [-0.25, -0.2) is 0 Å². The van der Waals surface area contributed by atoms with Crippen LogP contribution in [0.15, 0.2) is 33.5 Å². The normalized spacial score (nSPS) is 10.5. The lowest BCUT2D eigenvalue weighted by Gasteiger charge is -2.14. The topological polar surface area (TPSA) is 95.7 Å². The Hall–Kier alpha value is -3.07. The average molecular weight is 403 g/mol. The third kappa shape index (κ3) is 4.61. The summed E-state index contributed by atoms with van der Waals surface area (Å²) in [4.78, 5) is 16.5. The summed E-state index contributed by atoms with van der Waals surface area (Å²) in [5.74, 6) is 2.44. The van der Waals surface area contributed by atoms with E-state index in [1.165, 1.54) is 0 Å². The SMILES string of the molecule is COc1cc(CNC(=O)CCc2nc(-c3ccsc3)no2)cc(OC)c1OC. The van der Waals surface area contributed by atoms with Gasteiger partial charge in [-0.3, -0.25) is 4.79 Å². The van der Waals surface area contributed by atoms with Crippen molar-refractivity contribution in [3.05, 3.63) is 40.4 Å². The number of methoxy groups -OCH3 is 3. The largest absolute Gasteiger partial charge is 0.493 e. The van der Waals surface area contributed by atoms with Gasteiger partial charge < -0.3 is 24.1 Å². The van der Waals surface area contributed by atoms with Gasteiger partial charge in [0.05, 0.1) is 21.3 Å². The zero-order valence-corrected chi connectivity index (χ0v) is 16.7. The van der Waals surface area contributed by atoms with Crippen LogP contribution in [-0.2, 0) is 17.8 Å². The molecule has 2 heterocycles. The monoisotopic (exact) mass is 403 g/mol. The molecule has 0 aliphatic heterocycles. The third-order valence-electron chi connectivity index (χ3n) is 4.03. The zero-order valence-electron chi connectivity index (χ0n) is 15.9. The Kier molecular flexibility index (Phi) is 6.49. The second kappa shape index (κ2) is 9.23. The second-order valence-electron chi connectivity index (χ2n) is 5.83. The van der Waals surface area contributed by atoms with Crippen LogP contribution in [0.3, 0.4) is 0 Å². The van der Waals surface area contributed by atoms with Crippen molar-refractivity contribution in [2.24, 2.45) is 0 Å². The number of nitrogens with zero attached hydrogens (tertiary/aromatic N) is 2. The summed E-state index contributed by atoms with van der Waals surface area (Å²) in [7, 11) is 4.64. The van der Waals surface area contributed by atoms with E-state index in [4.69, 9.17) is 18.7 Å². The predicted molar refractivity (Wildman–Crippen MR) is 104 cm³/mol. The Labute approximate surface area is 166 Å². The molecule has 0 saturated carbocycles. The molecule has 1 aromatic carbocycles. The highest BCUT2D eigenvalue weighted by atomic mass is 32.1. The summed E-state index contributed by atoms with van der Waals surface area (Å²) in [5, 5.41) is 10.7. The van der Waals surface area contributed by atoms with Crippen LogP contribution in [-0.4, -0.2) is 37.4 Å². The molecule has 0 unspecified atom stereocenters. The van der Waals surface area contributed by atoms with Crippen molar-refractivity contribution in [1.29, 1.82) is 0 Å². The van der Waals surface area contributed by atoms with E-state index in [0.717, 1.165) is 11.1 Å². The maximum atomic E-state index is 12.2. The molecular weight excluding hydrogens is 382 g/mol. The lowest BCUT2D eigenvalue weighted by Crippen LogP contribution is -2.23. The van der Waals surface area contributed by atoms with Crippen LogP contribution >= 0.6 is 11.3 Å². The molecular formula is C19H21N3O5S. The molecule has 0 fully saturated rings. The van der Waals surface area contributed by atoms with Gasteiger partial charge in [0.25, 0.3) is 0 Å². The first-order valence-electron chi connectivity index (χ1n) is 8.55. The van der Waals surface area contributed by atoms with Crippen molar-refractivity contribution in [1.82, 2.24) is 15.5 Å². The van der Waals surface area contributed by atoms with Gasteiger partial charge >= 0.3 is 0 Å². The van der Waals surface area contributed by atoms with Crippen LogP contribution in [0.25, 0.3) is 11.4 Å². The molecule has 8 nitrogen and oxygen atoms in total. The van der Waals surface area contributed by atoms with Crippen LogP contribution < -0.4 is 19.5 Å². The van der Waals surface area contributed by atoms with E-state index in [2.05, 4.69) is 15.5 Å². The lowest BCUT2D eigenvalue weighted by molar-refractivity contribution is -0.121. The minimum atomic E-state index is -0.121. The van der Waals surface area contributed by atoms with Crippen LogP contribution in [0.2, 0.25) is 0 Å². The number of nitrogens with one attached hydrogen (secondary N) is 1. The first-order chi connectivity index (χ1) is 13.6. The van der Waals surface area contributed by atoms with Crippen molar-refractivity contribution in [3.63, 3.8) is 0 Å². The van der Waals surface area contributed by atoms with Crippen LogP contribution in [0.5, 0.6) is 17.2 Å². The van der Waals surface area contributed by atoms with Gasteiger partial charge in [-0.1, -0.05) is 5.16 Å². The van der Waals surface area contributed by atoms with E-state index in [0.29, 0.717) is 41.9 Å². The Morgan fingerprint density at radius 3 is 2.54 bits per heavy atom. The summed E-state index contributed by atoms with van der Waals surface area (Å²) >= 11 is 1.56. The van der Waals surface area contributed by atoms with Crippen LogP contribution in [0, 0.1) is 0 Å². The Morgan fingerprint density at radius 2 is 1.93 bits per heavy atom. The minimum absolute atomic E-state index is 0.121. The summed E-state index contributed by atoms with van der Waals surface area (Å²) in [6.07, 6.45) is 0.619. The van der Waals surface area contributed by atoms with Gasteiger partial charge in [-0.05, 0) is 29.1 Å². The molecule has 0 aliphatic carbocycles. The summed E-state index contributed by atoms with van der Waals surface area (Å²) in [6, 6.07) is 5.52. The first-order valence-corrected chi connectivity index (χ1v) is 9.49. The van der Waals surface area contributed by atoms with Gasteiger partial charge in [-0.2, -0.15) is 16.3 Å². The quantitative estimate of drug-likeness (QED) is 0.586. The number of amides is 1. The number of benzene rings is 1. The van der Waals surface area contributed by atoms with E-state index in [1.807, 2.05) is 16.8 Å². The Morgan fingerprint density at radius 1 is 1.18 bits per heavy atom. The summed E-state index contributed by atoms with van der Waals surface area (Å²) in [5.41, 5.74) is 1.74. The van der Waals surface area contributed by atoms with E-state index >= 15 is 0 Å². The van der Waals surface area contributed by atoms with E-state index in [9.17, 15) is 4.79 Å². The molecule has 28 heavy (non-hydrogen) atoms. The lowest BCUT2D eigenvalue weighted by atomic mass is 10.1. The second-order valence-corrected chi connectivity index (χ2v) is 6.61. The molecule has 0 aliphatic rings. The zero-order chi connectivity index (χ0) is 19.9. The van der Waals surface area contributed by atoms with Crippen molar-refractivity contribution in [3.8, 4) is 28.6 Å². The van der Waals surface area contributed by atoms with Crippen molar-refractivity contribution in [2.45, 2.75) is 19.4 Å². The standard InChI is InChI=1S/C19H21N3O5S/c1-24-14-8-12(9-15(25-2)18(14)26-3)10-20-16(23)4-5-17-21-19(22-27-17)13-6-7-28-11-13/h6-9,11H,4-5,10H2,1-3H3,(H,20,23). The molecule has 0 spiro atoms. The predicted octanol–water partition coefficient (Wildman–Crippen LogP) is 3.07. The van der Waals surface area contributed by atoms with Crippen molar-refractivity contribution in [2.75, 3.05) is 21.3 Å². The molecule has 0 atom stereocenters. The number of rotatable bonds is 9. The molecule has 3 aromatic rings. The molecule has 2 aromatic heterocycles. The van der Waals surface area contributed by atoms with Crippen molar-refractivity contribution < 1.29 is 23.5 Å². The Bertz CT molecular complexity index is 899. The maximum absolute atomic E-state index is 12.2. The number of carbonyl (C=O) groups is 1. The van der Waals surface area contributed by atoms with Crippen LogP contribution in [0.4, 0.5) is 0 Å². The molecule has 0 saturated heterocycles. The highest BCUT2D eigenvalue weighted by Gasteiger charge is 2.14. The first kappa shape index (κ1) is 19.7. The summed E-state index contributed by atoms with van der Waals surface area (Å²) < 4.78 is 21.1. The molecule has 0 radical (unpaired) electrons. The number of thiophene rings is 1. The third-order valence-corrected chi connectivity index (χ3v) is 4.71. The van der Waals surface area contributed by atoms with Gasteiger partial charge in [0, 0.05) is 30.3 Å². The highest BCUT2D eigenvalue weighted by Crippen LogP contribution is 2.38. The number of hydrogen-bond acceptors (Lipinski definition) is 8. The van der Waals surface area contributed by atoms with Gasteiger partial charge in [-0.15, -0.1) is 0 Å². The van der Waals surface area contributed by atoms with E-state index < -0.39 is 0 Å².